The van der Waals surface area contributed by atoms with Gasteiger partial charge in [0.25, 0.3) is 0 Å². The van der Waals surface area contributed by atoms with Gasteiger partial charge in [0.1, 0.15) is 5.82 Å². The van der Waals surface area contributed by atoms with Gasteiger partial charge in [0.05, 0.1) is 0 Å². The number of nitrogens with zero attached hydrogens (tertiary/aromatic N) is 2. The summed E-state index contributed by atoms with van der Waals surface area (Å²) in [7, 11) is 0. The molecule has 0 atom stereocenters. The predicted octanol–water partition coefficient (Wildman–Crippen LogP) is 3.08. The molecular formula is C13H7F2N2. The van der Waals surface area contributed by atoms with Crippen LogP contribution in [0.4, 0.5) is 8.78 Å². The molecule has 0 fully saturated rings. The van der Waals surface area contributed by atoms with Crippen molar-refractivity contribution in [2.75, 3.05) is 0 Å². The van der Waals surface area contributed by atoms with Gasteiger partial charge in [-0.1, -0.05) is 6.07 Å². The minimum Gasteiger partial charge on any atom is -0.304 e. The maximum Gasteiger partial charge on any atom is 0.173 e. The molecule has 0 aliphatic heterocycles. The Bertz CT molecular complexity index is 689. The second-order valence-corrected chi connectivity index (χ2v) is 3.66. The number of benzene rings is 1. The molecule has 2 heterocycles. The Morgan fingerprint density at radius 1 is 1.24 bits per heavy atom. The molecule has 0 spiro atoms. The number of aromatic nitrogens is 2. The van der Waals surface area contributed by atoms with E-state index in [2.05, 4.69) is 11.1 Å². The molecule has 0 N–H and O–H groups in total. The summed E-state index contributed by atoms with van der Waals surface area (Å²) >= 11 is 0. The largest absolute Gasteiger partial charge is 0.304 e. The third kappa shape index (κ3) is 1.67. The van der Waals surface area contributed by atoms with E-state index in [1.54, 1.807) is 16.8 Å². The quantitative estimate of drug-likeness (QED) is 0.626. The molecule has 0 aliphatic rings. The second kappa shape index (κ2) is 3.66. The first kappa shape index (κ1) is 9.96. The van der Waals surface area contributed by atoms with Crippen LogP contribution in [0.3, 0.4) is 0 Å². The Balaban J connectivity index is 2.23. The summed E-state index contributed by atoms with van der Waals surface area (Å²) in [5.41, 5.74) is 1.33. The summed E-state index contributed by atoms with van der Waals surface area (Å²) in [6, 6.07) is 8.29. The van der Waals surface area contributed by atoms with Crippen molar-refractivity contribution >= 4 is 5.65 Å². The lowest BCUT2D eigenvalue weighted by molar-refractivity contribution is 0.626. The van der Waals surface area contributed by atoms with Crippen LogP contribution in [0.1, 0.15) is 0 Å². The average Bonchev–Trinajstić information content (AvgIpc) is 2.77. The first-order chi connectivity index (χ1) is 8.24. The van der Waals surface area contributed by atoms with Crippen LogP contribution in [0, 0.1) is 17.7 Å². The molecule has 2 aromatic heterocycles. The zero-order valence-electron chi connectivity index (χ0n) is 8.69. The van der Waals surface area contributed by atoms with Crippen LogP contribution < -0.4 is 0 Å². The number of halogens is 2. The molecule has 0 bridgehead atoms. The molecular weight excluding hydrogens is 222 g/mol. The minimum absolute atomic E-state index is 0.255. The predicted molar refractivity (Wildman–Crippen MR) is 59.4 cm³/mol. The van der Waals surface area contributed by atoms with E-state index in [-0.39, 0.29) is 11.5 Å². The van der Waals surface area contributed by atoms with Crippen LogP contribution in [0.2, 0.25) is 0 Å². The molecule has 3 aromatic rings. The highest BCUT2D eigenvalue weighted by Crippen LogP contribution is 2.22. The lowest BCUT2D eigenvalue weighted by atomic mass is 10.1. The van der Waals surface area contributed by atoms with Gasteiger partial charge in [-0.3, -0.25) is 0 Å². The molecule has 0 saturated heterocycles. The van der Waals surface area contributed by atoms with Gasteiger partial charge in [-0.15, -0.1) is 0 Å². The Morgan fingerprint density at radius 3 is 2.94 bits per heavy atom. The maximum atomic E-state index is 13.7. The second-order valence-electron chi connectivity index (χ2n) is 3.66. The summed E-state index contributed by atoms with van der Waals surface area (Å²) < 4.78 is 28.3. The lowest BCUT2D eigenvalue weighted by Crippen LogP contribution is -1.91. The highest BCUT2D eigenvalue weighted by atomic mass is 19.1. The van der Waals surface area contributed by atoms with Crippen LogP contribution >= 0.6 is 0 Å². The summed E-state index contributed by atoms with van der Waals surface area (Å²) in [5, 5.41) is 0. The van der Waals surface area contributed by atoms with Crippen LogP contribution in [-0.4, -0.2) is 9.38 Å². The molecule has 0 amide bonds. The van der Waals surface area contributed by atoms with E-state index in [9.17, 15) is 8.78 Å². The SMILES string of the molecule is Fc1cc[c]c(-c2cc(F)c3nccn3c2)c1. The first-order valence-electron chi connectivity index (χ1n) is 5.04. The van der Waals surface area contributed by atoms with E-state index in [1.165, 1.54) is 30.5 Å². The monoisotopic (exact) mass is 229 g/mol. The number of hydrogen-bond acceptors (Lipinski definition) is 1. The van der Waals surface area contributed by atoms with Gasteiger partial charge in [0.15, 0.2) is 11.5 Å². The minimum atomic E-state index is -0.440. The van der Waals surface area contributed by atoms with E-state index in [0.29, 0.717) is 11.1 Å². The molecule has 2 nitrogen and oxygen atoms in total. The van der Waals surface area contributed by atoms with Crippen molar-refractivity contribution in [1.82, 2.24) is 9.38 Å². The summed E-state index contributed by atoms with van der Waals surface area (Å²) in [6.45, 7) is 0. The van der Waals surface area contributed by atoms with E-state index in [4.69, 9.17) is 0 Å². The zero-order valence-corrected chi connectivity index (χ0v) is 8.69. The Hall–Kier alpha value is -2.23. The number of hydrogen-bond donors (Lipinski definition) is 0. The molecule has 3 rings (SSSR count). The van der Waals surface area contributed by atoms with E-state index < -0.39 is 5.82 Å². The molecule has 0 unspecified atom stereocenters. The lowest BCUT2D eigenvalue weighted by Gasteiger charge is -2.03. The van der Waals surface area contributed by atoms with Gasteiger partial charge in [-0.25, -0.2) is 13.8 Å². The number of pyridine rings is 1. The smallest absolute Gasteiger partial charge is 0.173 e. The van der Waals surface area contributed by atoms with Gasteiger partial charge in [0, 0.05) is 24.2 Å². The Labute approximate surface area is 96.2 Å². The van der Waals surface area contributed by atoms with Crippen LogP contribution in [0.25, 0.3) is 16.8 Å². The standard InChI is InChI=1S/C13H7F2N2/c14-11-3-1-2-9(6-11)10-7-12(15)13-16-4-5-17(13)8-10/h1,3-8H. The fourth-order valence-electron chi connectivity index (χ4n) is 1.74. The van der Waals surface area contributed by atoms with Crippen molar-refractivity contribution < 1.29 is 8.78 Å². The topological polar surface area (TPSA) is 17.3 Å². The fraction of sp³-hybridized carbons (Fsp3) is 0. The van der Waals surface area contributed by atoms with E-state index in [0.717, 1.165) is 0 Å². The van der Waals surface area contributed by atoms with Gasteiger partial charge >= 0.3 is 0 Å². The molecule has 4 heteroatoms. The third-order valence-electron chi connectivity index (χ3n) is 2.52. The van der Waals surface area contributed by atoms with Gasteiger partial charge in [0.2, 0.25) is 0 Å². The number of rotatable bonds is 1. The summed E-state index contributed by atoms with van der Waals surface area (Å²) in [4.78, 5) is 3.87. The van der Waals surface area contributed by atoms with E-state index >= 15 is 0 Å². The third-order valence-corrected chi connectivity index (χ3v) is 2.52. The van der Waals surface area contributed by atoms with Gasteiger partial charge in [-0.2, -0.15) is 0 Å². The molecule has 0 saturated carbocycles. The first-order valence-corrected chi connectivity index (χ1v) is 5.04. The van der Waals surface area contributed by atoms with Gasteiger partial charge < -0.3 is 4.40 Å². The van der Waals surface area contributed by atoms with Crippen molar-refractivity contribution in [2.24, 2.45) is 0 Å². The van der Waals surface area contributed by atoms with Crippen molar-refractivity contribution in [2.45, 2.75) is 0 Å². The van der Waals surface area contributed by atoms with Crippen molar-refractivity contribution in [3.63, 3.8) is 0 Å². The van der Waals surface area contributed by atoms with Crippen LogP contribution in [0.15, 0.2) is 42.9 Å². The Kier molecular flexibility index (Phi) is 2.14. The fourth-order valence-corrected chi connectivity index (χ4v) is 1.74. The molecule has 0 aliphatic carbocycles. The molecule has 1 aromatic carbocycles. The van der Waals surface area contributed by atoms with E-state index in [1.807, 2.05) is 0 Å². The van der Waals surface area contributed by atoms with Gasteiger partial charge in [-0.05, 0) is 29.8 Å². The van der Waals surface area contributed by atoms with Crippen molar-refractivity contribution in [1.29, 1.82) is 0 Å². The summed E-state index contributed by atoms with van der Waals surface area (Å²) in [6.07, 6.45) is 4.84. The molecule has 1 radical (unpaired) electrons. The van der Waals surface area contributed by atoms with Crippen molar-refractivity contribution in [3.05, 3.63) is 60.6 Å². The normalized spacial score (nSPS) is 10.9. The summed E-state index contributed by atoms with van der Waals surface area (Å²) in [5.74, 6) is -0.810. The Morgan fingerprint density at radius 2 is 2.12 bits per heavy atom. The highest BCUT2D eigenvalue weighted by molar-refractivity contribution is 5.64. The van der Waals surface area contributed by atoms with Crippen LogP contribution in [0.5, 0.6) is 0 Å². The van der Waals surface area contributed by atoms with Crippen molar-refractivity contribution in [3.8, 4) is 11.1 Å². The molecule has 17 heavy (non-hydrogen) atoms. The average molecular weight is 229 g/mol. The highest BCUT2D eigenvalue weighted by Gasteiger charge is 2.07. The number of fused-ring (bicyclic) bond motifs is 1. The maximum absolute atomic E-state index is 13.7. The zero-order chi connectivity index (χ0) is 11.8. The van der Waals surface area contributed by atoms with Crippen LogP contribution in [-0.2, 0) is 0 Å². The molecule has 83 valence electrons. The number of imidazole rings is 1.